The first-order chi connectivity index (χ1) is 11.6. The highest BCUT2D eigenvalue weighted by molar-refractivity contribution is 5.87. The van der Waals surface area contributed by atoms with Crippen molar-refractivity contribution in [3.63, 3.8) is 0 Å². The Morgan fingerprint density at radius 2 is 2.12 bits per heavy atom. The van der Waals surface area contributed by atoms with Crippen LogP contribution in [0.25, 0.3) is 11.5 Å². The van der Waals surface area contributed by atoms with Crippen LogP contribution in [0.2, 0.25) is 0 Å². The van der Waals surface area contributed by atoms with Gasteiger partial charge < -0.3 is 19.0 Å². The fourth-order valence-electron chi connectivity index (χ4n) is 1.81. The molecule has 0 fully saturated rings. The van der Waals surface area contributed by atoms with E-state index in [1.807, 2.05) is 13.8 Å². The van der Waals surface area contributed by atoms with Crippen LogP contribution < -0.4 is 4.74 Å². The predicted octanol–water partition coefficient (Wildman–Crippen LogP) is 2.62. The number of carbonyl (C=O) groups is 1. The maximum Gasteiger partial charge on any atom is 0.360 e. The van der Waals surface area contributed by atoms with Gasteiger partial charge in [0, 0.05) is 6.20 Å². The van der Waals surface area contributed by atoms with Crippen LogP contribution in [0.1, 0.15) is 31.3 Å². The zero-order valence-corrected chi connectivity index (χ0v) is 13.9. The Hall–Kier alpha value is -2.67. The highest BCUT2D eigenvalue weighted by Gasteiger charge is 2.17. The first kappa shape index (κ1) is 17.7. The first-order valence-electron chi connectivity index (χ1n) is 7.52. The number of pyridine rings is 1. The highest BCUT2D eigenvalue weighted by Crippen LogP contribution is 2.29. The quantitative estimate of drug-likeness (QED) is 0.615. The SMILES string of the molecule is CCOC(=O)c1coc(-c2ccncc2OC/C(C)=C(/C)CO)n1. The second kappa shape index (κ2) is 8.26. The molecule has 2 rings (SSSR count). The van der Waals surface area contributed by atoms with Gasteiger partial charge in [0.2, 0.25) is 5.89 Å². The summed E-state index contributed by atoms with van der Waals surface area (Å²) in [5.41, 5.74) is 2.45. The van der Waals surface area contributed by atoms with E-state index in [-0.39, 0.29) is 24.8 Å². The molecule has 0 atom stereocenters. The van der Waals surface area contributed by atoms with Gasteiger partial charge in [-0.15, -0.1) is 0 Å². The van der Waals surface area contributed by atoms with Crippen molar-refractivity contribution >= 4 is 5.97 Å². The van der Waals surface area contributed by atoms with Crippen molar-refractivity contribution in [1.29, 1.82) is 0 Å². The number of nitrogens with zero attached hydrogens (tertiary/aromatic N) is 2. The molecule has 0 unspecified atom stereocenters. The summed E-state index contributed by atoms with van der Waals surface area (Å²) in [6, 6.07) is 1.69. The Morgan fingerprint density at radius 3 is 2.83 bits per heavy atom. The summed E-state index contributed by atoms with van der Waals surface area (Å²) < 4.78 is 16.0. The molecule has 2 heterocycles. The van der Waals surface area contributed by atoms with E-state index in [4.69, 9.17) is 19.0 Å². The van der Waals surface area contributed by atoms with Gasteiger partial charge in [-0.1, -0.05) is 0 Å². The van der Waals surface area contributed by atoms with Gasteiger partial charge in [0.05, 0.1) is 25.0 Å². The van der Waals surface area contributed by atoms with Gasteiger partial charge in [-0.05, 0) is 38.0 Å². The van der Waals surface area contributed by atoms with Crippen molar-refractivity contribution in [2.75, 3.05) is 19.8 Å². The molecule has 7 heteroatoms. The first-order valence-corrected chi connectivity index (χ1v) is 7.52. The maximum atomic E-state index is 11.7. The number of esters is 1. The zero-order chi connectivity index (χ0) is 17.5. The molecule has 0 bridgehead atoms. The molecule has 0 aliphatic carbocycles. The number of aliphatic hydroxyl groups is 1. The maximum absolute atomic E-state index is 11.7. The molecule has 0 aromatic carbocycles. The number of aliphatic hydroxyl groups excluding tert-OH is 1. The standard InChI is InChI=1S/C17H20N2O5/c1-4-22-17(21)14-10-24-16(19-14)13-5-6-18-7-15(13)23-9-12(3)11(2)8-20/h5-7,10,20H,4,8-9H2,1-3H3/b12-11-. The molecule has 24 heavy (non-hydrogen) atoms. The van der Waals surface area contributed by atoms with Crippen LogP contribution in [0.5, 0.6) is 5.75 Å². The van der Waals surface area contributed by atoms with Gasteiger partial charge in [0.1, 0.15) is 12.9 Å². The third kappa shape index (κ3) is 4.20. The minimum absolute atomic E-state index is 0.0161. The second-order valence-corrected chi connectivity index (χ2v) is 5.14. The van der Waals surface area contributed by atoms with Crippen molar-refractivity contribution in [2.24, 2.45) is 0 Å². The van der Waals surface area contributed by atoms with Crippen LogP contribution in [0.4, 0.5) is 0 Å². The summed E-state index contributed by atoms with van der Waals surface area (Å²) in [6.45, 7) is 5.99. The molecular weight excluding hydrogens is 312 g/mol. The number of oxazole rings is 1. The third-order valence-corrected chi connectivity index (χ3v) is 3.41. The number of ether oxygens (including phenoxy) is 2. The zero-order valence-electron chi connectivity index (χ0n) is 13.9. The summed E-state index contributed by atoms with van der Waals surface area (Å²) >= 11 is 0. The van der Waals surface area contributed by atoms with Crippen molar-refractivity contribution in [2.45, 2.75) is 20.8 Å². The van der Waals surface area contributed by atoms with Crippen LogP contribution in [-0.2, 0) is 4.74 Å². The van der Waals surface area contributed by atoms with Crippen molar-refractivity contribution in [3.05, 3.63) is 41.6 Å². The van der Waals surface area contributed by atoms with Crippen LogP contribution in [-0.4, -0.2) is 40.9 Å². The molecular formula is C17H20N2O5. The summed E-state index contributed by atoms with van der Waals surface area (Å²) in [5.74, 6) is 0.178. The van der Waals surface area contributed by atoms with E-state index in [9.17, 15) is 4.79 Å². The number of carbonyl (C=O) groups excluding carboxylic acids is 1. The third-order valence-electron chi connectivity index (χ3n) is 3.41. The highest BCUT2D eigenvalue weighted by atomic mass is 16.5. The Morgan fingerprint density at radius 1 is 1.33 bits per heavy atom. The lowest BCUT2D eigenvalue weighted by atomic mass is 10.2. The van der Waals surface area contributed by atoms with E-state index in [2.05, 4.69) is 9.97 Å². The molecule has 2 aromatic heterocycles. The molecule has 0 radical (unpaired) electrons. The monoisotopic (exact) mass is 332 g/mol. The smallest absolute Gasteiger partial charge is 0.360 e. The van der Waals surface area contributed by atoms with Gasteiger partial charge in [-0.2, -0.15) is 0 Å². The van der Waals surface area contributed by atoms with E-state index >= 15 is 0 Å². The van der Waals surface area contributed by atoms with Crippen LogP contribution in [0, 0.1) is 0 Å². The summed E-state index contributed by atoms with van der Waals surface area (Å²) in [4.78, 5) is 19.8. The lowest BCUT2D eigenvalue weighted by molar-refractivity contribution is 0.0519. The minimum Gasteiger partial charge on any atom is -0.487 e. The molecule has 0 amide bonds. The van der Waals surface area contributed by atoms with E-state index in [1.165, 1.54) is 6.26 Å². The van der Waals surface area contributed by atoms with Gasteiger partial charge in [0.15, 0.2) is 11.4 Å². The van der Waals surface area contributed by atoms with Crippen molar-refractivity contribution in [3.8, 4) is 17.2 Å². The summed E-state index contributed by atoms with van der Waals surface area (Å²) in [5, 5.41) is 9.14. The van der Waals surface area contributed by atoms with Crippen molar-refractivity contribution < 1.29 is 23.8 Å². The summed E-state index contributed by atoms with van der Waals surface area (Å²) in [6.07, 6.45) is 4.38. The molecule has 1 N–H and O–H groups in total. The molecule has 0 saturated carbocycles. The molecule has 128 valence electrons. The number of aromatic nitrogens is 2. The van der Waals surface area contributed by atoms with Crippen LogP contribution in [0.15, 0.2) is 40.3 Å². The van der Waals surface area contributed by atoms with Gasteiger partial charge in [0.25, 0.3) is 0 Å². The number of hydrogen-bond donors (Lipinski definition) is 1. The molecule has 0 aliphatic heterocycles. The van der Waals surface area contributed by atoms with E-state index in [0.717, 1.165) is 11.1 Å². The average molecular weight is 332 g/mol. The Kier molecular flexibility index (Phi) is 6.08. The second-order valence-electron chi connectivity index (χ2n) is 5.14. The fourth-order valence-corrected chi connectivity index (χ4v) is 1.81. The Labute approximate surface area is 139 Å². The molecule has 0 spiro atoms. The summed E-state index contributed by atoms with van der Waals surface area (Å²) in [7, 11) is 0. The molecule has 0 aliphatic rings. The molecule has 7 nitrogen and oxygen atoms in total. The van der Waals surface area contributed by atoms with Crippen LogP contribution >= 0.6 is 0 Å². The van der Waals surface area contributed by atoms with Gasteiger partial charge >= 0.3 is 5.97 Å². The van der Waals surface area contributed by atoms with E-state index < -0.39 is 5.97 Å². The Balaban J connectivity index is 2.21. The van der Waals surface area contributed by atoms with E-state index in [1.54, 1.807) is 25.4 Å². The topological polar surface area (TPSA) is 94.7 Å². The number of hydrogen-bond acceptors (Lipinski definition) is 7. The largest absolute Gasteiger partial charge is 0.487 e. The lowest BCUT2D eigenvalue weighted by Gasteiger charge is -2.10. The van der Waals surface area contributed by atoms with Crippen molar-refractivity contribution in [1.82, 2.24) is 9.97 Å². The fraction of sp³-hybridized carbons (Fsp3) is 0.353. The van der Waals surface area contributed by atoms with Gasteiger partial charge in [-0.3, -0.25) is 4.98 Å². The average Bonchev–Trinajstić information content (AvgIpc) is 3.09. The van der Waals surface area contributed by atoms with Gasteiger partial charge in [-0.25, -0.2) is 9.78 Å². The normalized spacial score (nSPS) is 11.8. The molecule has 2 aromatic rings. The van der Waals surface area contributed by atoms with Crippen LogP contribution in [0.3, 0.4) is 0 Å². The number of rotatable bonds is 7. The Bertz CT molecular complexity index is 736. The predicted molar refractivity (Wildman–Crippen MR) is 86.6 cm³/mol. The molecule has 0 saturated heterocycles. The minimum atomic E-state index is -0.540. The lowest BCUT2D eigenvalue weighted by Crippen LogP contribution is -2.05. The van der Waals surface area contributed by atoms with E-state index in [0.29, 0.717) is 17.9 Å².